The van der Waals surface area contributed by atoms with Crippen LogP contribution in [-0.4, -0.2) is 31.8 Å². The van der Waals surface area contributed by atoms with Gasteiger partial charge in [0.05, 0.1) is 13.2 Å². The van der Waals surface area contributed by atoms with Crippen molar-refractivity contribution in [1.29, 1.82) is 0 Å². The second kappa shape index (κ2) is 9.70. The number of ether oxygens (including phenoxy) is 3. The number of aryl methyl sites for hydroxylation is 1. The summed E-state index contributed by atoms with van der Waals surface area (Å²) in [7, 11) is 1.61. The molecule has 1 amide bonds. The van der Waals surface area contributed by atoms with Crippen LogP contribution in [0.25, 0.3) is 0 Å². The van der Waals surface area contributed by atoms with Crippen LogP contribution in [-0.2, 0) is 4.79 Å². The second-order valence-corrected chi connectivity index (χ2v) is 6.18. The summed E-state index contributed by atoms with van der Waals surface area (Å²) < 4.78 is 16.7. The number of carbonyl (C=O) groups excluding carboxylic acids is 1. The van der Waals surface area contributed by atoms with Crippen molar-refractivity contribution >= 4 is 5.91 Å². The summed E-state index contributed by atoms with van der Waals surface area (Å²) in [5, 5.41) is 2.95. The third-order valence-electron chi connectivity index (χ3n) is 3.97. The highest BCUT2D eigenvalue weighted by molar-refractivity contribution is 5.81. The van der Waals surface area contributed by atoms with Crippen molar-refractivity contribution in [3.05, 3.63) is 54.1 Å². The maximum absolute atomic E-state index is 12.5. The quantitative estimate of drug-likeness (QED) is 0.743. The topological polar surface area (TPSA) is 56.8 Å². The molecule has 0 aliphatic rings. The van der Waals surface area contributed by atoms with Crippen molar-refractivity contribution in [2.24, 2.45) is 0 Å². The van der Waals surface area contributed by atoms with Crippen molar-refractivity contribution in [2.45, 2.75) is 39.3 Å². The number of methoxy groups -OCH3 is 1. The Labute approximate surface area is 155 Å². The van der Waals surface area contributed by atoms with Crippen molar-refractivity contribution in [1.82, 2.24) is 5.32 Å². The molecule has 1 N–H and O–H groups in total. The van der Waals surface area contributed by atoms with Crippen molar-refractivity contribution in [2.75, 3.05) is 13.7 Å². The minimum atomic E-state index is -0.552. The highest BCUT2D eigenvalue weighted by atomic mass is 16.5. The number of carbonyl (C=O) groups is 1. The summed E-state index contributed by atoms with van der Waals surface area (Å²) >= 11 is 0. The Balaban J connectivity index is 1.85. The molecule has 2 aromatic carbocycles. The molecular formula is C21H27NO4. The Morgan fingerprint density at radius 3 is 2.35 bits per heavy atom. The minimum Gasteiger partial charge on any atom is -0.497 e. The molecule has 0 saturated carbocycles. The van der Waals surface area contributed by atoms with E-state index in [1.807, 2.05) is 45.0 Å². The fourth-order valence-corrected chi connectivity index (χ4v) is 2.45. The van der Waals surface area contributed by atoms with Crippen molar-refractivity contribution in [3.8, 4) is 17.2 Å². The monoisotopic (exact) mass is 357 g/mol. The van der Waals surface area contributed by atoms with Crippen LogP contribution in [0.2, 0.25) is 0 Å². The lowest BCUT2D eigenvalue weighted by atomic mass is 10.2. The third-order valence-corrected chi connectivity index (χ3v) is 3.97. The molecule has 0 aliphatic carbocycles. The molecule has 0 saturated heterocycles. The van der Waals surface area contributed by atoms with E-state index in [4.69, 9.17) is 14.2 Å². The van der Waals surface area contributed by atoms with E-state index in [0.29, 0.717) is 18.8 Å². The molecule has 0 fully saturated rings. The zero-order valence-electron chi connectivity index (χ0n) is 15.8. The zero-order chi connectivity index (χ0) is 18.9. The Bertz CT molecular complexity index is 699. The number of hydrogen-bond donors (Lipinski definition) is 1. The van der Waals surface area contributed by atoms with Gasteiger partial charge < -0.3 is 19.5 Å². The van der Waals surface area contributed by atoms with Gasteiger partial charge in [0.1, 0.15) is 23.9 Å². The van der Waals surface area contributed by atoms with Crippen LogP contribution in [0.1, 0.15) is 25.8 Å². The van der Waals surface area contributed by atoms with Gasteiger partial charge >= 0.3 is 0 Å². The molecule has 2 atom stereocenters. The van der Waals surface area contributed by atoms with E-state index in [9.17, 15) is 4.79 Å². The van der Waals surface area contributed by atoms with Gasteiger partial charge in [-0.2, -0.15) is 0 Å². The molecule has 0 aliphatic heterocycles. The number of hydrogen-bond acceptors (Lipinski definition) is 4. The Morgan fingerprint density at radius 2 is 1.73 bits per heavy atom. The minimum absolute atomic E-state index is 0.129. The average Bonchev–Trinajstić information content (AvgIpc) is 2.65. The van der Waals surface area contributed by atoms with Crippen molar-refractivity contribution in [3.63, 3.8) is 0 Å². The first-order valence-electron chi connectivity index (χ1n) is 8.83. The molecule has 0 bridgehead atoms. The molecular weight excluding hydrogens is 330 g/mol. The van der Waals surface area contributed by atoms with Gasteiger partial charge in [0.25, 0.3) is 5.91 Å². The summed E-state index contributed by atoms with van der Waals surface area (Å²) in [4.78, 5) is 12.5. The first-order chi connectivity index (χ1) is 12.5. The van der Waals surface area contributed by atoms with Gasteiger partial charge in [-0.05, 0) is 56.2 Å². The van der Waals surface area contributed by atoms with E-state index in [2.05, 4.69) is 5.32 Å². The molecule has 0 heterocycles. The van der Waals surface area contributed by atoms with Gasteiger partial charge in [0.2, 0.25) is 0 Å². The molecule has 26 heavy (non-hydrogen) atoms. The highest BCUT2D eigenvalue weighted by Gasteiger charge is 2.20. The SMILES string of the molecule is CC[C@H](Oc1ccc(OC)cc1)C(=O)N[C@H](C)COc1ccccc1C. The van der Waals surface area contributed by atoms with E-state index in [-0.39, 0.29) is 11.9 Å². The molecule has 2 rings (SSSR count). The van der Waals surface area contributed by atoms with Gasteiger partial charge in [0, 0.05) is 0 Å². The van der Waals surface area contributed by atoms with Crippen LogP contribution in [0.3, 0.4) is 0 Å². The summed E-state index contributed by atoms with van der Waals surface area (Å²) in [5.74, 6) is 2.06. The normalized spacial score (nSPS) is 12.8. The van der Waals surface area contributed by atoms with Crippen LogP contribution in [0.15, 0.2) is 48.5 Å². The lowest BCUT2D eigenvalue weighted by Gasteiger charge is -2.21. The van der Waals surface area contributed by atoms with E-state index in [1.165, 1.54) is 0 Å². The molecule has 0 unspecified atom stereocenters. The van der Waals surface area contributed by atoms with Gasteiger partial charge in [0.15, 0.2) is 6.10 Å². The second-order valence-electron chi connectivity index (χ2n) is 6.18. The van der Waals surface area contributed by atoms with E-state index in [1.54, 1.807) is 31.4 Å². The predicted molar refractivity (Wildman–Crippen MR) is 102 cm³/mol. The lowest BCUT2D eigenvalue weighted by Crippen LogP contribution is -2.44. The molecule has 0 spiro atoms. The molecule has 0 aromatic heterocycles. The smallest absolute Gasteiger partial charge is 0.261 e. The van der Waals surface area contributed by atoms with Gasteiger partial charge in [-0.1, -0.05) is 25.1 Å². The molecule has 140 valence electrons. The summed E-state index contributed by atoms with van der Waals surface area (Å²) in [6, 6.07) is 14.9. The molecule has 5 nitrogen and oxygen atoms in total. The zero-order valence-corrected chi connectivity index (χ0v) is 15.8. The standard InChI is InChI=1S/C21H27NO4/c1-5-19(26-18-12-10-17(24-4)11-13-18)21(23)22-16(3)14-25-20-9-7-6-8-15(20)2/h6-13,16,19H,5,14H2,1-4H3,(H,22,23)/t16-,19+/m1/s1. The van der Waals surface area contributed by atoms with E-state index >= 15 is 0 Å². The first-order valence-corrected chi connectivity index (χ1v) is 8.83. The number of nitrogens with one attached hydrogen (secondary N) is 1. The first kappa shape index (κ1) is 19.6. The Hall–Kier alpha value is -2.69. The fourth-order valence-electron chi connectivity index (χ4n) is 2.45. The van der Waals surface area contributed by atoms with E-state index in [0.717, 1.165) is 17.1 Å². The Kier molecular flexibility index (Phi) is 7.33. The predicted octanol–water partition coefficient (Wildman–Crippen LogP) is 3.74. The molecule has 0 radical (unpaired) electrons. The van der Waals surface area contributed by atoms with Gasteiger partial charge in [-0.15, -0.1) is 0 Å². The highest BCUT2D eigenvalue weighted by Crippen LogP contribution is 2.19. The van der Waals surface area contributed by atoms with Crippen LogP contribution < -0.4 is 19.5 Å². The van der Waals surface area contributed by atoms with Crippen LogP contribution in [0.4, 0.5) is 0 Å². The number of para-hydroxylation sites is 1. The van der Waals surface area contributed by atoms with Crippen LogP contribution in [0.5, 0.6) is 17.2 Å². The number of rotatable bonds is 9. The molecule has 2 aromatic rings. The van der Waals surface area contributed by atoms with Crippen LogP contribution >= 0.6 is 0 Å². The maximum atomic E-state index is 12.5. The van der Waals surface area contributed by atoms with Gasteiger partial charge in [-0.3, -0.25) is 4.79 Å². The molecule has 5 heteroatoms. The van der Waals surface area contributed by atoms with Crippen LogP contribution in [0, 0.1) is 6.92 Å². The number of amides is 1. The van der Waals surface area contributed by atoms with E-state index < -0.39 is 6.10 Å². The summed E-state index contributed by atoms with van der Waals surface area (Å²) in [6.07, 6.45) is 0.0211. The maximum Gasteiger partial charge on any atom is 0.261 e. The van der Waals surface area contributed by atoms with Gasteiger partial charge in [-0.25, -0.2) is 0 Å². The van der Waals surface area contributed by atoms with Crippen molar-refractivity contribution < 1.29 is 19.0 Å². The third kappa shape index (κ3) is 5.69. The Morgan fingerprint density at radius 1 is 1.08 bits per heavy atom. The number of benzene rings is 2. The average molecular weight is 357 g/mol. The summed E-state index contributed by atoms with van der Waals surface area (Å²) in [5.41, 5.74) is 1.07. The fraction of sp³-hybridized carbons (Fsp3) is 0.381. The summed E-state index contributed by atoms with van der Waals surface area (Å²) in [6.45, 7) is 6.22. The largest absolute Gasteiger partial charge is 0.497 e. The lowest BCUT2D eigenvalue weighted by molar-refractivity contribution is -0.128.